The van der Waals surface area contributed by atoms with Crippen LogP contribution in [0.2, 0.25) is 0 Å². The molecule has 0 aromatic heterocycles. The van der Waals surface area contributed by atoms with Crippen molar-refractivity contribution in [2.45, 2.75) is 32.3 Å². The Kier molecular flexibility index (Phi) is 7.42. The third-order valence-electron chi connectivity index (χ3n) is 1.39. The summed E-state index contributed by atoms with van der Waals surface area (Å²) in [4.78, 5) is 0. The molecule has 0 fully saturated rings. The molecule has 0 aliphatic heterocycles. The van der Waals surface area contributed by atoms with Gasteiger partial charge in [0.15, 0.2) is 0 Å². The third kappa shape index (κ3) is 7.11. The van der Waals surface area contributed by atoms with E-state index in [2.05, 4.69) is 25.0 Å². The Labute approximate surface area is 74.8 Å². The maximum absolute atomic E-state index is 8.96. The maximum Gasteiger partial charge on any atom is 0.117 e. The predicted octanol–water partition coefficient (Wildman–Crippen LogP) is 2.28. The summed E-state index contributed by atoms with van der Waals surface area (Å²) in [6, 6.07) is 0. The predicted molar refractivity (Wildman–Crippen MR) is 52.6 cm³/mol. The molecule has 0 aromatic carbocycles. The molecule has 1 N–H and O–H groups in total. The van der Waals surface area contributed by atoms with Crippen molar-refractivity contribution in [3.63, 3.8) is 0 Å². The topological polar surface area (TPSA) is 20.2 Å². The van der Waals surface area contributed by atoms with Crippen molar-refractivity contribution in [3.05, 3.63) is 24.3 Å². The molecular formula is C11H16O. The normalized spacial score (nSPS) is 13.8. The van der Waals surface area contributed by atoms with Gasteiger partial charge in [0.05, 0.1) is 0 Å². The summed E-state index contributed by atoms with van der Waals surface area (Å²) in [6.45, 7) is 2.10. The van der Waals surface area contributed by atoms with E-state index in [0.29, 0.717) is 6.42 Å². The third-order valence-corrected chi connectivity index (χ3v) is 1.39. The minimum absolute atomic E-state index is 0.552. The summed E-state index contributed by atoms with van der Waals surface area (Å²) in [5.74, 6) is 2.25. The number of hydrogen-bond acceptors (Lipinski definition) is 1. The first-order chi connectivity index (χ1) is 5.81. The van der Waals surface area contributed by atoms with Crippen LogP contribution in [-0.2, 0) is 0 Å². The van der Waals surface area contributed by atoms with Crippen molar-refractivity contribution < 1.29 is 5.11 Å². The zero-order valence-corrected chi connectivity index (χ0v) is 7.53. The lowest BCUT2D eigenvalue weighted by Crippen LogP contribution is -1.98. The molecule has 0 amide bonds. The Bertz CT molecular complexity index is 184. The Morgan fingerprint density at radius 1 is 1.33 bits per heavy atom. The minimum atomic E-state index is -0.628. The summed E-state index contributed by atoms with van der Waals surface area (Å²) in [5, 5.41) is 8.96. The van der Waals surface area contributed by atoms with Gasteiger partial charge >= 0.3 is 0 Å². The van der Waals surface area contributed by atoms with E-state index < -0.39 is 6.10 Å². The molecule has 12 heavy (non-hydrogen) atoms. The number of aliphatic hydroxyl groups excluding tert-OH is 1. The highest BCUT2D eigenvalue weighted by Gasteiger charge is 1.90. The fourth-order valence-electron chi connectivity index (χ4n) is 0.731. The quantitative estimate of drug-likeness (QED) is 0.488. The Hall–Kier alpha value is -1.00. The van der Waals surface area contributed by atoms with Gasteiger partial charge in [0.25, 0.3) is 0 Å². The van der Waals surface area contributed by atoms with Crippen molar-refractivity contribution in [1.82, 2.24) is 0 Å². The molecule has 0 aromatic rings. The molecule has 0 saturated heterocycles. The second-order valence-electron chi connectivity index (χ2n) is 2.50. The van der Waals surface area contributed by atoms with Gasteiger partial charge in [-0.3, -0.25) is 0 Å². The van der Waals surface area contributed by atoms with Crippen molar-refractivity contribution >= 4 is 0 Å². The lowest BCUT2D eigenvalue weighted by molar-refractivity contribution is 0.236. The van der Waals surface area contributed by atoms with Crippen LogP contribution in [0.15, 0.2) is 24.3 Å². The SMILES string of the molecule is C#C[C@@H](O)C/C=C\C/C=C\CC. The van der Waals surface area contributed by atoms with Gasteiger partial charge in [0, 0.05) is 6.42 Å². The first-order valence-electron chi connectivity index (χ1n) is 4.25. The smallest absolute Gasteiger partial charge is 0.117 e. The van der Waals surface area contributed by atoms with Crippen molar-refractivity contribution in [2.24, 2.45) is 0 Å². The molecule has 0 saturated carbocycles. The van der Waals surface area contributed by atoms with E-state index in [1.807, 2.05) is 12.2 Å². The monoisotopic (exact) mass is 164 g/mol. The molecule has 1 heteroatoms. The lowest BCUT2D eigenvalue weighted by atomic mass is 10.2. The summed E-state index contributed by atoms with van der Waals surface area (Å²) in [5.41, 5.74) is 0. The van der Waals surface area contributed by atoms with Gasteiger partial charge < -0.3 is 5.11 Å². The number of hydrogen-bond donors (Lipinski definition) is 1. The molecule has 1 atom stereocenters. The molecule has 1 nitrogen and oxygen atoms in total. The number of rotatable bonds is 5. The van der Waals surface area contributed by atoms with Crippen LogP contribution >= 0.6 is 0 Å². The van der Waals surface area contributed by atoms with Crippen LogP contribution < -0.4 is 0 Å². The van der Waals surface area contributed by atoms with Crippen LogP contribution in [0.25, 0.3) is 0 Å². The first-order valence-corrected chi connectivity index (χ1v) is 4.25. The highest BCUT2D eigenvalue weighted by Crippen LogP contribution is 1.94. The molecule has 66 valence electrons. The van der Waals surface area contributed by atoms with Crippen LogP contribution in [0.4, 0.5) is 0 Å². The zero-order valence-electron chi connectivity index (χ0n) is 7.53. The summed E-state index contributed by atoms with van der Waals surface area (Å²) >= 11 is 0. The molecule has 0 unspecified atom stereocenters. The Morgan fingerprint density at radius 3 is 2.58 bits per heavy atom. The maximum atomic E-state index is 8.96. The molecule has 0 aliphatic rings. The number of terminal acetylenes is 1. The molecule has 0 spiro atoms. The summed E-state index contributed by atoms with van der Waals surface area (Å²) in [7, 11) is 0. The van der Waals surface area contributed by atoms with E-state index >= 15 is 0 Å². The average Bonchev–Trinajstić information content (AvgIpc) is 2.10. The van der Waals surface area contributed by atoms with E-state index in [1.165, 1.54) is 0 Å². The van der Waals surface area contributed by atoms with Gasteiger partial charge in [-0.15, -0.1) is 6.42 Å². The van der Waals surface area contributed by atoms with E-state index in [9.17, 15) is 0 Å². The van der Waals surface area contributed by atoms with Crippen LogP contribution in [-0.4, -0.2) is 11.2 Å². The first kappa shape index (κ1) is 11.0. The van der Waals surface area contributed by atoms with Gasteiger partial charge in [0.1, 0.15) is 6.10 Å². The van der Waals surface area contributed by atoms with Crippen molar-refractivity contribution in [3.8, 4) is 12.3 Å². The van der Waals surface area contributed by atoms with E-state index in [4.69, 9.17) is 11.5 Å². The van der Waals surface area contributed by atoms with Crippen molar-refractivity contribution in [2.75, 3.05) is 0 Å². The molecule has 0 rings (SSSR count). The fourth-order valence-corrected chi connectivity index (χ4v) is 0.731. The van der Waals surface area contributed by atoms with Gasteiger partial charge in [0.2, 0.25) is 0 Å². The van der Waals surface area contributed by atoms with Crippen LogP contribution in [0.1, 0.15) is 26.2 Å². The highest BCUT2D eigenvalue weighted by atomic mass is 16.3. The number of allylic oxidation sites excluding steroid dienone is 3. The van der Waals surface area contributed by atoms with Gasteiger partial charge in [-0.05, 0) is 12.8 Å². The largest absolute Gasteiger partial charge is 0.380 e. The van der Waals surface area contributed by atoms with Gasteiger partial charge in [-0.2, -0.15) is 0 Å². The standard InChI is InChI=1S/C11H16O/c1-3-5-6-7-8-9-10-11(12)4-2/h2,5-6,8-9,11-12H,3,7,10H2,1H3/b6-5-,9-8-/t11-/m1/s1. The fraction of sp³-hybridized carbons (Fsp3) is 0.455. The lowest BCUT2D eigenvalue weighted by Gasteiger charge is -1.94. The molecule has 0 heterocycles. The average molecular weight is 164 g/mol. The number of aliphatic hydroxyl groups is 1. The highest BCUT2D eigenvalue weighted by molar-refractivity contribution is 5.00. The molecular weight excluding hydrogens is 148 g/mol. The van der Waals surface area contributed by atoms with Gasteiger partial charge in [-0.1, -0.05) is 37.1 Å². The Morgan fingerprint density at radius 2 is 2.00 bits per heavy atom. The van der Waals surface area contributed by atoms with Crippen molar-refractivity contribution in [1.29, 1.82) is 0 Å². The summed E-state index contributed by atoms with van der Waals surface area (Å²) in [6.07, 6.45) is 15.0. The second-order valence-corrected chi connectivity index (χ2v) is 2.50. The van der Waals surface area contributed by atoms with Crippen LogP contribution in [0, 0.1) is 12.3 Å². The van der Waals surface area contributed by atoms with E-state index in [1.54, 1.807) is 0 Å². The minimum Gasteiger partial charge on any atom is -0.380 e. The summed E-state index contributed by atoms with van der Waals surface area (Å²) < 4.78 is 0. The Balaban J connectivity index is 3.39. The zero-order chi connectivity index (χ0) is 9.23. The molecule has 0 radical (unpaired) electrons. The van der Waals surface area contributed by atoms with E-state index in [0.717, 1.165) is 12.8 Å². The second kappa shape index (κ2) is 8.10. The molecule has 0 aliphatic carbocycles. The van der Waals surface area contributed by atoms with Crippen LogP contribution in [0.3, 0.4) is 0 Å². The van der Waals surface area contributed by atoms with Crippen LogP contribution in [0.5, 0.6) is 0 Å². The van der Waals surface area contributed by atoms with E-state index in [-0.39, 0.29) is 0 Å². The van der Waals surface area contributed by atoms with Gasteiger partial charge in [-0.25, -0.2) is 0 Å². The molecule has 0 bridgehead atoms.